The van der Waals surface area contributed by atoms with Crippen LogP contribution < -0.4 is 0 Å². The molecule has 3 nitrogen and oxygen atoms in total. The molecule has 0 radical (unpaired) electrons. The van der Waals surface area contributed by atoms with E-state index >= 15 is 0 Å². The SMILES string of the molecule is CCC(C)n1cc(C=C2SC(=S)N(CC)C2=O)c2ccccc21. The predicted molar refractivity (Wildman–Crippen MR) is 102 cm³/mol. The third-order valence-electron chi connectivity index (χ3n) is 4.31. The maximum absolute atomic E-state index is 12.4. The van der Waals surface area contributed by atoms with Crippen LogP contribution in [0.4, 0.5) is 0 Å². The average molecular weight is 345 g/mol. The Morgan fingerprint density at radius 1 is 1.30 bits per heavy atom. The lowest BCUT2D eigenvalue weighted by Gasteiger charge is -2.12. The summed E-state index contributed by atoms with van der Waals surface area (Å²) in [5.41, 5.74) is 2.29. The minimum atomic E-state index is 0.0165. The Morgan fingerprint density at radius 3 is 2.70 bits per heavy atom. The lowest BCUT2D eigenvalue weighted by atomic mass is 10.1. The number of benzene rings is 1. The number of aromatic nitrogens is 1. The van der Waals surface area contributed by atoms with E-state index in [9.17, 15) is 4.79 Å². The van der Waals surface area contributed by atoms with Crippen molar-refractivity contribution in [3.8, 4) is 0 Å². The summed E-state index contributed by atoms with van der Waals surface area (Å²) < 4.78 is 2.94. The van der Waals surface area contributed by atoms with Gasteiger partial charge in [-0.2, -0.15) is 0 Å². The molecule has 2 aromatic rings. The van der Waals surface area contributed by atoms with E-state index in [1.807, 2.05) is 19.1 Å². The zero-order valence-corrected chi connectivity index (χ0v) is 15.2. The van der Waals surface area contributed by atoms with Gasteiger partial charge in [-0.05, 0) is 32.4 Å². The van der Waals surface area contributed by atoms with Gasteiger partial charge in [0.1, 0.15) is 4.32 Å². The number of rotatable bonds is 4. The van der Waals surface area contributed by atoms with Gasteiger partial charge in [-0.1, -0.05) is 49.1 Å². The van der Waals surface area contributed by atoms with Crippen molar-refractivity contribution >= 4 is 51.2 Å². The number of hydrogen-bond donors (Lipinski definition) is 0. The Kier molecular flexibility index (Phi) is 4.60. The van der Waals surface area contributed by atoms with Crippen molar-refractivity contribution in [1.82, 2.24) is 9.47 Å². The van der Waals surface area contributed by atoms with Gasteiger partial charge in [0.2, 0.25) is 0 Å². The van der Waals surface area contributed by atoms with Crippen molar-refractivity contribution in [2.24, 2.45) is 0 Å². The molecule has 1 saturated heterocycles. The van der Waals surface area contributed by atoms with Crippen LogP contribution >= 0.6 is 24.0 Å². The van der Waals surface area contributed by atoms with Crippen LogP contribution in [-0.2, 0) is 4.79 Å². The van der Waals surface area contributed by atoms with Gasteiger partial charge in [0.15, 0.2) is 0 Å². The highest BCUT2D eigenvalue weighted by molar-refractivity contribution is 8.26. The van der Waals surface area contributed by atoms with Gasteiger partial charge in [0, 0.05) is 35.2 Å². The Balaban J connectivity index is 2.09. The van der Waals surface area contributed by atoms with Crippen molar-refractivity contribution in [2.45, 2.75) is 33.2 Å². The molecule has 23 heavy (non-hydrogen) atoms. The van der Waals surface area contributed by atoms with Crippen LogP contribution in [0, 0.1) is 0 Å². The van der Waals surface area contributed by atoms with Gasteiger partial charge in [0.05, 0.1) is 4.91 Å². The molecule has 0 saturated carbocycles. The Morgan fingerprint density at radius 2 is 2.04 bits per heavy atom. The molecule has 0 bridgehead atoms. The maximum Gasteiger partial charge on any atom is 0.266 e. The zero-order valence-electron chi connectivity index (χ0n) is 13.6. The second-order valence-corrected chi connectivity index (χ2v) is 7.37. The quantitative estimate of drug-likeness (QED) is 0.586. The number of thiocarbonyl (C=S) groups is 1. The maximum atomic E-state index is 12.4. The molecular weight excluding hydrogens is 324 g/mol. The first-order valence-corrected chi connectivity index (χ1v) is 9.14. The average Bonchev–Trinajstić information content (AvgIpc) is 3.05. The van der Waals surface area contributed by atoms with Gasteiger partial charge in [-0.15, -0.1) is 0 Å². The highest BCUT2D eigenvalue weighted by Gasteiger charge is 2.30. The van der Waals surface area contributed by atoms with Gasteiger partial charge in [0.25, 0.3) is 5.91 Å². The molecule has 1 unspecified atom stereocenters. The summed E-state index contributed by atoms with van der Waals surface area (Å²) in [6.45, 7) is 6.97. The van der Waals surface area contributed by atoms with E-state index in [1.54, 1.807) is 4.90 Å². The zero-order chi connectivity index (χ0) is 16.6. The number of para-hydroxylation sites is 1. The van der Waals surface area contributed by atoms with Crippen molar-refractivity contribution in [1.29, 1.82) is 0 Å². The normalized spacial score (nSPS) is 18.4. The van der Waals surface area contributed by atoms with Gasteiger partial charge < -0.3 is 4.57 Å². The summed E-state index contributed by atoms with van der Waals surface area (Å²) in [6.07, 6.45) is 5.20. The molecule has 1 atom stereocenters. The summed E-state index contributed by atoms with van der Waals surface area (Å²) >= 11 is 6.69. The van der Waals surface area contributed by atoms with Gasteiger partial charge >= 0.3 is 0 Å². The van der Waals surface area contributed by atoms with Crippen molar-refractivity contribution in [3.63, 3.8) is 0 Å². The molecule has 5 heteroatoms. The molecular formula is C18H20N2OS2. The van der Waals surface area contributed by atoms with E-state index in [0.29, 0.717) is 21.8 Å². The van der Waals surface area contributed by atoms with Crippen LogP contribution in [-0.4, -0.2) is 26.2 Å². The number of thioether (sulfide) groups is 1. The van der Waals surface area contributed by atoms with Crippen molar-refractivity contribution in [3.05, 3.63) is 40.9 Å². The highest BCUT2D eigenvalue weighted by atomic mass is 32.2. The molecule has 1 fully saturated rings. The number of hydrogen-bond acceptors (Lipinski definition) is 3. The third-order valence-corrected chi connectivity index (χ3v) is 5.69. The Hall–Kier alpha value is -1.59. The summed E-state index contributed by atoms with van der Waals surface area (Å²) in [7, 11) is 0. The van der Waals surface area contributed by atoms with E-state index in [0.717, 1.165) is 12.0 Å². The number of nitrogens with zero attached hydrogens (tertiary/aromatic N) is 2. The molecule has 120 valence electrons. The van der Waals surface area contributed by atoms with E-state index in [4.69, 9.17) is 12.2 Å². The van der Waals surface area contributed by atoms with Crippen LogP contribution in [0.1, 0.15) is 38.8 Å². The molecule has 1 aromatic heterocycles. The molecule has 2 heterocycles. The topological polar surface area (TPSA) is 25.2 Å². The fourth-order valence-corrected chi connectivity index (χ4v) is 4.20. The fraction of sp³-hybridized carbons (Fsp3) is 0.333. The first kappa shape index (κ1) is 16.3. The molecule has 3 rings (SSSR count). The molecule has 1 amide bonds. The lowest BCUT2D eigenvalue weighted by Crippen LogP contribution is -2.27. The first-order valence-electron chi connectivity index (χ1n) is 7.91. The Bertz CT molecular complexity index is 806. The molecule has 1 aromatic carbocycles. The summed E-state index contributed by atoms with van der Waals surface area (Å²) in [5, 5.41) is 1.18. The van der Waals surface area contributed by atoms with Crippen LogP contribution in [0.5, 0.6) is 0 Å². The first-order chi connectivity index (χ1) is 11.1. The van der Waals surface area contributed by atoms with Crippen LogP contribution in [0.2, 0.25) is 0 Å². The number of likely N-dealkylation sites (N-methyl/N-ethyl adjacent to an activating group) is 1. The Labute approximate surface area is 146 Å². The summed E-state index contributed by atoms with van der Waals surface area (Å²) in [6, 6.07) is 8.77. The van der Waals surface area contributed by atoms with Gasteiger partial charge in [-0.3, -0.25) is 9.69 Å². The number of carbonyl (C=O) groups is 1. The van der Waals surface area contributed by atoms with Crippen molar-refractivity contribution < 1.29 is 4.79 Å². The second kappa shape index (κ2) is 6.49. The fourth-order valence-electron chi connectivity index (χ4n) is 2.82. The van der Waals surface area contributed by atoms with Crippen LogP contribution in [0.25, 0.3) is 17.0 Å². The monoisotopic (exact) mass is 344 g/mol. The molecule has 0 aliphatic carbocycles. The lowest BCUT2D eigenvalue weighted by molar-refractivity contribution is -0.121. The molecule has 0 spiro atoms. The minimum absolute atomic E-state index is 0.0165. The van der Waals surface area contributed by atoms with Crippen LogP contribution in [0.15, 0.2) is 35.4 Å². The predicted octanol–water partition coefficient (Wildman–Crippen LogP) is 4.83. The molecule has 0 N–H and O–H groups in total. The summed E-state index contributed by atoms with van der Waals surface area (Å²) in [5.74, 6) is 0.0165. The highest BCUT2D eigenvalue weighted by Crippen LogP contribution is 2.34. The van der Waals surface area contributed by atoms with E-state index < -0.39 is 0 Å². The smallest absolute Gasteiger partial charge is 0.266 e. The molecule has 1 aliphatic heterocycles. The number of fused-ring (bicyclic) bond motifs is 1. The minimum Gasteiger partial charge on any atom is -0.344 e. The van der Waals surface area contributed by atoms with Crippen molar-refractivity contribution in [2.75, 3.05) is 6.54 Å². The third kappa shape index (κ3) is 2.83. The number of amides is 1. The number of carbonyl (C=O) groups excluding carboxylic acids is 1. The standard InChI is InChI=1S/C18H20N2OS2/c1-4-12(3)20-11-13(14-8-6-7-9-15(14)20)10-16-17(21)19(5-2)18(22)23-16/h6-12H,4-5H2,1-3H3. The van der Waals surface area contributed by atoms with Crippen LogP contribution in [0.3, 0.4) is 0 Å². The van der Waals surface area contributed by atoms with E-state index in [1.165, 1.54) is 22.7 Å². The van der Waals surface area contributed by atoms with Gasteiger partial charge in [-0.25, -0.2) is 0 Å². The largest absolute Gasteiger partial charge is 0.344 e. The summed E-state index contributed by atoms with van der Waals surface area (Å²) in [4.78, 5) is 14.8. The molecule has 1 aliphatic rings. The second-order valence-electron chi connectivity index (χ2n) is 5.69. The van der Waals surface area contributed by atoms with E-state index in [-0.39, 0.29) is 5.91 Å². The van der Waals surface area contributed by atoms with E-state index in [2.05, 4.69) is 42.8 Å².